The number of hydrogen-bond donors (Lipinski definition) is 0. The van der Waals surface area contributed by atoms with Crippen LogP contribution >= 0.6 is 0 Å². The fourth-order valence-electron chi connectivity index (χ4n) is 5.93. The number of carbonyl (C=O) groups is 1. The summed E-state index contributed by atoms with van der Waals surface area (Å²) >= 11 is 0. The van der Waals surface area contributed by atoms with Gasteiger partial charge in [0, 0.05) is 39.3 Å². The van der Waals surface area contributed by atoms with Gasteiger partial charge in [0.05, 0.1) is 23.6 Å². The minimum absolute atomic E-state index is 0.0203. The molecule has 4 aromatic rings. The number of halogens is 1. The number of nitrogens with zero attached hydrogens (tertiary/aromatic N) is 4. The van der Waals surface area contributed by atoms with Crippen molar-refractivity contribution in [2.24, 2.45) is 7.05 Å². The molecule has 0 saturated carbocycles. The predicted octanol–water partition coefficient (Wildman–Crippen LogP) is 5.39. The molecule has 0 bridgehead atoms. The van der Waals surface area contributed by atoms with E-state index in [2.05, 4.69) is 4.90 Å². The zero-order chi connectivity index (χ0) is 29.6. The van der Waals surface area contributed by atoms with Crippen molar-refractivity contribution in [1.29, 1.82) is 0 Å². The van der Waals surface area contributed by atoms with Gasteiger partial charge in [-0.3, -0.25) is 13.9 Å². The van der Waals surface area contributed by atoms with Crippen LogP contribution in [-0.2, 0) is 31.4 Å². The first-order chi connectivity index (χ1) is 20.3. The molecule has 7 nitrogen and oxygen atoms in total. The van der Waals surface area contributed by atoms with Gasteiger partial charge < -0.3 is 14.5 Å². The third kappa shape index (κ3) is 7.10. The molecule has 1 aliphatic rings. The maximum atomic E-state index is 13.7. The summed E-state index contributed by atoms with van der Waals surface area (Å²) in [6.45, 7) is 7.80. The van der Waals surface area contributed by atoms with Gasteiger partial charge in [-0.05, 0) is 87.2 Å². The van der Waals surface area contributed by atoms with Gasteiger partial charge in [0.15, 0.2) is 0 Å². The lowest BCUT2D eigenvalue weighted by Crippen LogP contribution is -2.47. The average molecular weight is 573 g/mol. The van der Waals surface area contributed by atoms with Crippen molar-refractivity contribution >= 4 is 16.9 Å². The summed E-state index contributed by atoms with van der Waals surface area (Å²) in [6.07, 6.45) is 3.04. The molecule has 0 radical (unpaired) electrons. The highest BCUT2D eigenvalue weighted by atomic mass is 19.1. The Kier molecular flexibility index (Phi) is 9.42. The lowest BCUT2D eigenvalue weighted by Gasteiger charge is -2.39. The van der Waals surface area contributed by atoms with Crippen molar-refractivity contribution in [1.82, 2.24) is 18.9 Å². The van der Waals surface area contributed by atoms with Crippen LogP contribution in [0.5, 0.6) is 5.75 Å². The summed E-state index contributed by atoms with van der Waals surface area (Å²) < 4.78 is 22.9. The zero-order valence-corrected chi connectivity index (χ0v) is 24.8. The molecule has 0 spiro atoms. The molecule has 42 heavy (non-hydrogen) atoms. The Balaban J connectivity index is 1.20. The summed E-state index contributed by atoms with van der Waals surface area (Å²) in [7, 11) is 1.82. The molecule has 1 aliphatic heterocycles. The minimum atomic E-state index is -0.278. The number of para-hydroxylation sites is 2. The number of aryl methyl sites for hydroxylation is 2. The van der Waals surface area contributed by atoms with E-state index in [4.69, 9.17) is 4.74 Å². The van der Waals surface area contributed by atoms with Crippen LogP contribution in [0.4, 0.5) is 4.39 Å². The Hall–Kier alpha value is -3.91. The lowest BCUT2D eigenvalue weighted by atomic mass is 10.0. The van der Waals surface area contributed by atoms with Crippen LogP contribution in [0.15, 0.2) is 77.6 Å². The Morgan fingerprint density at radius 2 is 1.57 bits per heavy atom. The molecule has 1 amide bonds. The fourth-order valence-corrected chi connectivity index (χ4v) is 5.93. The molecule has 0 atom stereocenters. The lowest BCUT2D eigenvalue weighted by molar-refractivity contribution is -0.134. The number of benzene rings is 3. The minimum Gasteiger partial charge on any atom is -0.491 e. The first kappa shape index (κ1) is 29.6. The van der Waals surface area contributed by atoms with Crippen LogP contribution in [0, 0.1) is 5.82 Å². The maximum absolute atomic E-state index is 13.7. The van der Waals surface area contributed by atoms with Gasteiger partial charge in [-0.15, -0.1) is 0 Å². The molecule has 1 fully saturated rings. The van der Waals surface area contributed by atoms with Gasteiger partial charge in [-0.25, -0.2) is 9.18 Å². The second kappa shape index (κ2) is 13.4. The van der Waals surface area contributed by atoms with Crippen LogP contribution in [0.3, 0.4) is 0 Å². The highest BCUT2D eigenvalue weighted by Gasteiger charge is 2.28. The number of amides is 1. The largest absolute Gasteiger partial charge is 0.491 e. The number of piperidine rings is 1. The van der Waals surface area contributed by atoms with Gasteiger partial charge in [-0.2, -0.15) is 0 Å². The molecule has 1 saturated heterocycles. The number of ether oxygens (including phenoxy) is 1. The van der Waals surface area contributed by atoms with Crippen LogP contribution in [-0.4, -0.2) is 56.6 Å². The predicted molar refractivity (Wildman–Crippen MR) is 164 cm³/mol. The van der Waals surface area contributed by atoms with Crippen molar-refractivity contribution in [2.45, 2.75) is 64.8 Å². The molecule has 2 heterocycles. The van der Waals surface area contributed by atoms with E-state index >= 15 is 0 Å². The Morgan fingerprint density at radius 1 is 0.929 bits per heavy atom. The topological polar surface area (TPSA) is 59.7 Å². The van der Waals surface area contributed by atoms with Crippen LogP contribution in [0.1, 0.15) is 44.2 Å². The van der Waals surface area contributed by atoms with Gasteiger partial charge in [-0.1, -0.05) is 36.4 Å². The number of hydrogen-bond acceptors (Lipinski definition) is 4. The number of rotatable bonds is 11. The van der Waals surface area contributed by atoms with E-state index in [9.17, 15) is 14.0 Å². The maximum Gasteiger partial charge on any atom is 0.328 e. The van der Waals surface area contributed by atoms with Gasteiger partial charge >= 0.3 is 5.69 Å². The van der Waals surface area contributed by atoms with Crippen LogP contribution in [0.2, 0.25) is 0 Å². The standard InChI is InChI=1S/C34H41FN4O3/c1-25(2)42-30-15-11-26(12-16-30)23-33(40)39(24-27-9-13-28(35)14-10-27)29-17-21-37(22-18-29)19-6-20-38-32-8-5-4-7-31(32)36(3)34(38)41/h4-5,7-16,25,29H,6,17-24H2,1-3H3. The summed E-state index contributed by atoms with van der Waals surface area (Å²) in [5.74, 6) is 0.590. The summed E-state index contributed by atoms with van der Waals surface area (Å²) in [4.78, 5) is 30.8. The van der Waals surface area contributed by atoms with E-state index in [1.807, 2.05) is 78.9 Å². The molecule has 5 rings (SSSR count). The number of aromatic nitrogens is 2. The molecule has 8 heteroatoms. The van der Waals surface area contributed by atoms with Gasteiger partial charge in [0.2, 0.25) is 5.91 Å². The Morgan fingerprint density at radius 3 is 2.24 bits per heavy atom. The average Bonchev–Trinajstić information content (AvgIpc) is 3.23. The zero-order valence-electron chi connectivity index (χ0n) is 24.8. The molecule has 0 unspecified atom stereocenters. The number of carbonyl (C=O) groups excluding carboxylic acids is 1. The third-order valence-corrected chi connectivity index (χ3v) is 8.14. The van der Waals surface area contributed by atoms with E-state index in [0.29, 0.717) is 19.5 Å². The first-order valence-corrected chi connectivity index (χ1v) is 14.9. The number of fused-ring (bicyclic) bond motifs is 1. The van der Waals surface area contributed by atoms with E-state index in [1.165, 1.54) is 12.1 Å². The second-order valence-electron chi connectivity index (χ2n) is 11.5. The molecule has 0 aliphatic carbocycles. The molecule has 1 aromatic heterocycles. The van der Waals surface area contributed by atoms with Crippen molar-refractivity contribution in [3.05, 3.63) is 100 Å². The first-order valence-electron chi connectivity index (χ1n) is 14.9. The SMILES string of the molecule is CC(C)Oc1ccc(CC(=O)N(Cc2ccc(F)cc2)C2CCN(CCCn3c(=O)n(C)c4ccccc43)CC2)cc1. The van der Waals surface area contributed by atoms with Crippen molar-refractivity contribution in [2.75, 3.05) is 19.6 Å². The quantitative estimate of drug-likeness (QED) is 0.242. The molecular weight excluding hydrogens is 531 g/mol. The summed E-state index contributed by atoms with van der Waals surface area (Å²) in [5.41, 5.74) is 3.82. The van der Waals surface area contributed by atoms with E-state index < -0.39 is 0 Å². The van der Waals surface area contributed by atoms with Gasteiger partial charge in [0.25, 0.3) is 0 Å². The smallest absolute Gasteiger partial charge is 0.328 e. The molecular formula is C34H41FN4O3. The molecule has 3 aromatic carbocycles. The summed E-state index contributed by atoms with van der Waals surface area (Å²) in [5, 5.41) is 0. The number of imidazole rings is 1. The van der Waals surface area contributed by atoms with E-state index in [-0.39, 0.29) is 29.6 Å². The second-order valence-corrected chi connectivity index (χ2v) is 11.5. The van der Waals surface area contributed by atoms with Crippen molar-refractivity contribution in [3.8, 4) is 5.75 Å². The Labute approximate surface area is 247 Å². The molecule has 0 N–H and O–H groups in total. The molecule has 222 valence electrons. The van der Waals surface area contributed by atoms with Crippen LogP contribution in [0.25, 0.3) is 11.0 Å². The van der Waals surface area contributed by atoms with Gasteiger partial charge in [0.1, 0.15) is 11.6 Å². The monoisotopic (exact) mass is 572 g/mol. The highest BCUT2D eigenvalue weighted by molar-refractivity contribution is 5.79. The van der Waals surface area contributed by atoms with E-state index in [1.54, 1.807) is 16.7 Å². The fraction of sp³-hybridized carbons (Fsp3) is 0.412. The normalized spacial score (nSPS) is 14.5. The third-order valence-electron chi connectivity index (χ3n) is 8.14. The van der Waals surface area contributed by atoms with E-state index in [0.717, 1.165) is 66.8 Å². The number of likely N-dealkylation sites (tertiary alicyclic amines) is 1. The van der Waals surface area contributed by atoms with Crippen molar-refractivity contribution < 1.29 is 13.9 Å². The Bertz CT molecular complexity index is 1530. The summed E-state index contributed by atoms with van der Waals surface area (Å²) in [6, 6.07) is 22.2. The highest BCUT2D eigenvalue weighted by Crippen LogP contribution is 2.22. The van der Waals surface area contributed by atoms with Crippen molar-refractivity contribution in [3.63, 3.8) is 0 Å². The van der Waals surface area contributed by atoms with Crippen LogP contribution < -0.4 is 10.4 Å².